The molecule has 0 amide bonds. The van der Waals surface area contributed by atoms with Gasteiger partial charge in [0.25, 0.3) is 0 Å². The monoisotopic (exact) mass is 311 g/mol. The molecule has 0 saturated carbocycles. The van der Waals surface area contributed by atoms with Crippen molar-refractivity contribution in [2.24, 2.45) is 5.92 Å². The van der Waals surface area contributed by atoms with Crippen molar-refractivity contribution in [1.82, 2.24) is 4.31 Å². The maximum absolute atomic E-state index is 12.6. The SMILES string of the molecule is CC(C)C1CCCN1S(=O)(=O)Cc1cccc(C(=O)O)c1. The third kappa shape index (κ3) is 3.63. The van der Waals surface area contributed by atoms with Gasteiger partial charge in [-0.1, -0.05) is 26.0 Å². The zero-order chi connectivity index (χ0) is 15.6. The number of carbonyl (C=O) groups is 1. The Morgan fingerprint density at radius 3 is 2.76 bits per heavy atom. The number of sulfonamides is 1. The molecule has 1 atom stereocenters. The minimum absolute atomic E-state index is 0.0534. The normalized spacial score (nSPS) is 20.0. The van der Waals surface area contributed by atoms with Crippen LogP contribution in [-0.4, -0.2) is 36.4 Å². The van der Waals surface area contributed by atoms with E-state index in [1.807, 2.05) is 13.8 Å². The van der Waals surface area contributed by atoms with Crippen LogP contribution in [0.2, 0.25) is 0 Å². The molecule has 1 saturated heterocycles. The minimum Gasteiger partial charge on any atom is -0.478 e. The van der Waals surface area contributed by atoms with Gasteiger partial charge in [-0.3, -0.25) is 0 Å². The van der Waals surface area contributed by atoms with Crippen LogP contribution in [0, 0.1) is 5.92 Å². The summed E-state index contributed by atoms with van der Waals surface area (Å²) in [7, 11) is -3.41. The second-order valence-corrected chi connectivity index (χ2v) is 7.75. The zero-order valence-corrected chi connectivity index (χ0v) is 13.1. The van der Waals surface area contributed by atoms with Crippen molar-refractivity contribution in [3.05, 3.63) is 35.4 Å². The van der Waals surface area contributed by atoms with E-state index in [0.29, 0.717) is 12.1 Å². The van der Waals surface area contributed by atoms with Crippen molar-refractivity contribution in [1.29, 1.82) is 0 Å². The van der Waals surface area contributed by atoms with Crippen LogP contribution in [0.1, 0.15) is 42.6 Å². The zero-order valence-electron chi connectivity index (χ0n) is 12.3. The highest BCUT2D eigenvalue weighted by Crippen LogP contribution is 2.28. The van der Waals surface area contributed by atoms with E-state index in [4.69, 9.17) is 5.11 Å². The Bertz CT molecular complexity index is 624. The number of benzene rings is 1. The first-order chi connectivity index (χ1) is 9.81. The third-order valence-corrected chi connectivity index (χ3v) is 5.76. The predicted molar refractivity (Wildman–Crippen MR) is 80.6 cm³/mol. The summed E-state index contributed by atoms with van der Waals surface area (Å²) >= 11 is 0. The van der Waals surface area contributed by atoms with E-state index in [0.717, 1.165) is 12.8 Å². The molecule has 0 bridgehead atoms. The molecule has 1 aliphatic rings. The fourth-order valence-corrected chi connectivity index (χ4v) is 4.80. The second-order valence-electron chi connectivity index (χ2n) is 5.83. The molecule has 0 radical (unpaired) electrons. The first-order valence-electron chi connectivity index (χ1n) is 7.13. The largest absolute Gasteiger partial charge is 0.478 e. The Hall–Kier alpha value is -1.40. The van der Waals surface area contributed by atoms with Gasteiger partial charge in [-0.25, -0.2) is 13.2 Å². The van der Waals surface area contributed by atoms with Crippen molar-refractivity contribution >= 4 is 16.0 Å². The Morgan fingerprint density at radius 1 is 1.43 bits per heavy atom. The standard InChI is InChI=1S/C15H21NO4S/c1-11(2)14-7-4-8-16(14)21(19,20)10-12-5-3-6-13(9-12)15(17)18/h3,5-6,9,11,14H,4,7-8,10H2,1-2H3,(H,17,18). The summed E-state index contributed by atoms with van der Waals surface area (Å²) in [5, 5.41) is 8.97. The molecule has 1 N–H and O–H groups in total. The van der Waals surface area contributed by atoms with Gasteiger partial charge in [-0.2, -0.15) is 4.31 Å². The molecule has 0 aromatic heterocycles. The van der Waals surface area contributed by atoms with Crippen LogP contribution in [0.4, 0.5) is 0 Å². The van der Waals surface area contributed by atoms with Crippen LogP contribution in [-0.2, 0) is 15.8 Å². The van der Waals surface area contributed by atoms with E-state index >= 15 is 0 Å². The maximum Gasteiger partial charge on any atom is 0.335 e. The average molecular weight is 311 g/mol. The lowest BCUT2D eigenvalue weighted by atomic mass is 10.0. The van der Waals surface area contributed by atoms with Gasteiger partial charge in [0.1, 0.15) is 0 Å². The molecule has 2 rings (SSSR count). The van der Waals surface area contributed by atoms with Gasteiger partial charge in [0.2, 0.25) is 10.0 Å². The highest BCUT2D eigenvalue weighted by molar-refractivity contribution is 7.88. The van der Waals surface area contributed by atoms with Gasteiger partial charge < -0.3 is 5.11 Å². The lowest BCUT2D eigenvalue weighted by molar-refractivity contribution is 0.0696. The van der Waals surface area contributed by atoms with Crippen molar-refractivity contribution in [3.63, 3.8) is 0 Å². The van der Waals surface area contributed by atoms with Gasteiger partial charge in [-0.15, -0.1) is 0 Å². The van der Waals surface area contributed by atoms with E-state index in [-0.39, 0.29) is 23.3 Å². The third-order valence-electron chi connectivity index (χ3n) is 3.90. The summed E-state index contributed by atoms with van der Waals surface area (Å²) in [4.78, 5) is 11.0. The van der Waals surface area contributed by atoms with Crippen LogP contribution in [0.25, 0.3) is 0 Å². The van der Waals surface area contributed by atoms with Crippen LogP contribution >= 0.6 is 0 Å². The molecule has 116 valence electrons. The van der Waals surface area contributed by atoms with E-state index in [9.17, 15) is 13.2 Å². The molecule has 1 aliphatic heterocycles. The van der Waals surface area contributed by atoms with Crippen molar-refractivity contribution < 1.29 is 18.3 Å². The first kappa shape index (κ1) is 16.0. The number of rotatable bonds is 5. The number of carboxylic acids is 1. The van der Waals surface area contributed by atoms with E-state index in [2.05, 4.69) is 0 Å². The van der Waals surface area contributed by atoms with Crippen molar-refractivity contribution in [3.8, 4) is 0 Å². The van der Waals surface area contributed by atoms with Gasteiger partial charge >= 0.3 is 5.97 Å². The quantitative estimate of drug-likeness (QED) is 0.905. The molecule has 0 aliphatic carbocycles. The molecular weight excluding hydrogens is 290 g/mol. The maximum atomic E-state index is 12.6. The van der Waals surface area contributed by atoms with Gasteiger partial charge in [0.15, 0.2) is 0 Å². The average Bonchev–Trinajstić information content (AvgIpc) is 2.88. The fraction of sp³-hybridized carbons (Fsp3) is 0.533. The summed E-state index contributed by atoms with van der Waals surface area (Å²) in [5.74, 6) is -0.903. The molecule has 1 fully saturated rings. The lowest BCUT2D eigenvalue weighted by Crippen LogP contribution is -2.39. The summed E-state index contributed by atoms with van der Waals surface area (Å²) in [6.45, 7) is 4.62. The number of hydrogen-bond acceptors (Lipinski definition) is 3. The van der Waals surface area contributed by atoms with Crippen molar-refractivity contribution in [2.45, 2.75) is 38.5 Å². The molecule has 1 heterocycles. The molecule has 0 spiro atoms. The second kappa shape index (κ2) is 6.15. The van der Waals surface area contributed by atoms with Gasteiger partial charge in [0, 0.05) is 12.6 Å². The molecule has 1 unspecified atom stereocenters. The fourth-order valence-electron chi connectivity index (χ4n) is 2.86. The molecule has 21 heavy (non-hydrogen) atoms. The molecular formula is C15H21NO4S. The van der Waals surface area contributed by atoms with Crippen LogP contribution < -0.4 is 0 Å². The van der Waals surface area contributed by atoms with Crippen LogP contribution in [0.3, 0.4) is 0 Å². The minimum atomic E-state index is -3.41. The lowest BCUT2D eigenvalue weighted by Gasteiger charge is -2.27. The summed E-state index contributed by atoms with van der Waals surface area (Å²) < 4.78 is 26.7. The van der Waals surface area contributed by atoms with E-state index < -0.39 is 16.0 Å². The first-order valence-corrected chi connectivity index (χ1v) is 8.74. The highest BCUT2D eigenvalue weighted by Gasteiger charge is 2.35. The number of nitrogens with zero attached hydrogens (tertiary/aromatic N) is 1. The van der Waals surface area contributed by atoms with E-state index in [1.165, 1.54) is 12.1 Å². The number of aromatic carboxylic acids is 1. The summed E-state index contributed by atoms with van der Waals surface area (Å²) in [5.41, 5.74) is 0.633. The Balaban J connectivity index is 2.21. The number of hydrogen-bond donors (Lipinski definition) is 1. The number of carboxylic acid groups (broad SMARTS) is 1. The Morgan fingerprint density at radius 2 is 2.14 bits per heavy atom. The highest BCUT2D eigenvalue weighted by atomic mass is 32.2. The van der Waals surface area contributed by atoms with E-state index in [1.54, 1.807) is 16.4 Å². The Kier molecular flexibility index (Phi) is 4.68. The topological polar surface area (TPSA) is 74.7 Å². The molecule has 1 aromatic rings. The summed E-state index contributed by atoms with van der Waals surface area (Å²) in [6, 6.07) is 6.19. The molecule has 5 nitrogen and oxygen atoms in total. The Labute approximate surface area is 125 Å². The van der Waals surface area contributed by atoms with Gasteiger partial charge in [0.05, 0.1) is 11.3 Å². The molecule has 1 aromatic carbocycles. The summed E-state index contributed by atoms with van der Waals surface area (Å²) in [6.07, 6.45) is 1.78. The van der Waals surface area contributed by atoms with Crippen LogP contribution in [0.15, 0.2) is 24.3 Å². The smallest absolute Gasteiger partial charge is 0.335 e. The van der Waals surface area contributed by atoms with Crippen LogP contribution in [0.5, 0.6) is 0 Å². The molecule has 6 heteroatoms. The predicted octanol–water partition coefficient (Wildman–Crippen LogP) is 2.33. The van der Waals surface area contributed by atoms with Crippen molar-refractivity contribution in [2.75, 3.05) is 6.54 Å². The van der Waals surface area contributed by atoms with Gasteiger partial charge in [-0.05, 0) is 36.5 Å².